The molecule has 0 radical (unpaired) electrons. The second kappa shape index (κ2) is 5.64. The summed E-state index contributed by atoms with van der Waals surface area (Å²) >= 11 is 0. The molecular formula is C14H16O3. The van der Waals surface area contributed by atoms with Crippen LogP contribution in [0.4, 0.5) is 0 Å². The molecule has 0 N–H and O–H groups in total. The third-order valence-electron chi connectivity index (χ3n) is 2.79. The average Bonchev–Trinajstić information content (AvgIpc) is 2.39. The molecule has 0 amide bonds. The Labute approximate surface area is 101 Å². The fraction of sp³-hybridized carbons (Fsp3) is 0.357. The monoisotopic (exact) mass is 232 g/mol. The molecule has 0 bridgehead atoms. The zero-order valence-electron chi connectivity index (χ0n) is 9.84. The summed E-state index contributed by atoms with van der Waals surface area (Å²) in [5.41, 5.74) is 1.22. The van der Waals surface area contributed by atoms with Crippen LogP contribution in [0.5, 0.6) is 0 Å². The number of benzene rings is 1. The highest BCUT2D eigenvalue weighted by Crippen LogP contribution is 2.17. The van der Waals surface area contributed by atoms with E-state index in [1.807, 2.05) is 24.3 Å². The van der Waals surface area contributed by atoms with Crippen LogP contribution >= 0.6 is 0 Å². The first-order valence-electron chi connectivity index (χ1n) is 5.73. The van der Waals surface area contributed by atoms with Crippen molar-refractivity contribution in [2.45, 2.75) is 25.0 Å². The second-order valence-corrected chi connectivity index (χ2v) is 4.06. The number of hydrogen-bond acceptors (Lipinski definition) is 3. The summed E-state index contributed by atoms with van der Waals surface area (Å²) in [6, 6.07) is 10.1. The molecule has 17 heavy (non-hydrogen) atoms. The topological polar surface area (TPSA) is 35.5 Å². The molecule has 2 rings (SSSR count). The summed E-state index contributed by atoms with van der Waals surface area (Å²) in [5.74, 6) is -0.334. The Bertz CT molecular complexity index is 397. The zero-order chi connectivity index (χ0) is 12.1. The van der Waals surface area contributed by atoms with Crippen molar-refractivity contribution in [3.05, 3.63) is 48.0 Å². The quantitative estimate of drug-likeness (QED) is 0.591. The molecule has 3 heteroatoms. The maximum Gasteiger partial charge on any atom is 0.339 e. The minimum absolute atomic E-state index is 0.0477. The predicted molar refractivity (Wildman–Crippen MR) is 64.6 cm³/mol. The number of ether oxygens (including phenoxy) is 2. The molecule has 1 aliphatic heterocycles. The first-order valence-corrected chi connectivity index (χ1v) is 5.73. The maximum absolute atomic E-state index is 11.4. The Kier molecular flexibility index (Phi) is 3.94. The van der Waals surface area contributed by atoms with Gasteiger partial charge >= 0.3 is 5.97 Å². The highest BCUT2D eigenvalue weighted by molar-refractivity contribution is 5.76. The van der Waals surface area contributed by atoms with E-state index in [4.69, 9.17) is 4.74 Å². The van der Waals surface area contributed by atoms with Crippen molar-refractivity contribution < 1.29 is 14.3 Å². The SMILES string of the molecule is COC(=O)[C@H]1C=CC[C@H](Cc2ccccc2)O1. The van der Waals surface area contributed by atoms with Crippen molar-refractivity contribution in [2.24, 2.45) is 0 Å². The first-order chi connectivity index (χ1) is 8.29. The molecule has 1 aliphatic rings. The van der Waals surface area contributed by atoms with E-state index in [-0.39, 0.29) is 12.1 Å². The van der Waals surface area contributed by atoms with Crippen molar-refractivity contribution in [3.63, 3.8) is 0 Å². The van der Waals surface area contributed by atoms with Crippen molar-refractivity contribution in [3.8, 4) is 0 Å². The van der Waals surface area contributed by atoms with Gasteiger partial charge in [0, 0.05) is 0 Å². The van der Waals surface area contributed by atoms with Gasteiger partial charge in [-0.3, -0.25) is 0 Å². The van der Waals surface area contributed by atoms with Crippen LogP contribution in [0.25, 0.3) is 0 Å². The lowest BCUT2D eigenvalue weighted by atomic mass is 10.0. The van der Waals surface area contributed by atoms with Crippen LogP contribution in [0.1, 0.15) is 12.0 Å². The van der Waals surface area contributed by atoms with E-state index in [1.165, 1.54) is 12.7 Å². The third kappa shape index (κ3) is 3.17. The van der Waals surface area contributed by atoms with E-state index in [0.717, 1.165) is 12.8 Å². The first kappa shape index (κ1) is 11.9. The molecule has 0 fully saturated rings. The van der Waals surface area contributed by atoms with Crippen LogP contribution in [0.15, 0.2) is 42.5 Å². The van der Waals surface area contributed by atoms with Crippen LogP contribution < -0.4 is 0 Å². The van der Waals surface area contributed by atoms with Gasteiger partial charge in [0.05, 0.1) is 13.2 Å². The largest absolute Gasteiger partial charge is 0.467 e. The molecule has 90 valence electrons. The van der Waals surface area contributed by atoms with Gasteiger partial charge in [0.25, 0.3) is 0 Å². The fourth-order valence-corrected chi connectivity index (χ4v) is 1.92. The van der Waals surface area contributed by atoms with Gasteiger partial charge in [-0.2, -0.15) is 0 Å². The van der Waals surface area contributed by atoms with Gasteiger partial charge < -0.3 is 9.47 Å². The van der Waals surface area contributed by atoms with Gasteiger partial charge in [0.1, 0.15) is 0 Å². The summed E-state index contributed by atoms with van der Waals surface area (Å²) in [5, 5.41) is 0. The minimum atomic E-state index is -0.553. The molecule has 0 unspecified atom stereocenters. The van der Waals surface area contributed by atoms with E-state index in [9.17, 15) is 4.79 Å². The number of hydrogen-bond donors (Lipinski definition) is 0. The van der Waals surface area contributed by atoms with Gasteiger partial charge in [-0.1, -0.05) is 36.4 Å². The van der Waals surface area contributed by atoms with Crippen LogP contribution in [0, 0.1) is 0 Å². The molecule has 1 aromatic rings. The van der Waals surface area contributed by atoms with Crippen molar-refractivity contribution >= 4 is 5.97 Å². The number of carbonyl (C=O) groups excluding carboxylic acids is 1. The van der Waals surface area contributed by atoms with E-state index in [0.29, 0.717) is 0 Å². The Balaban J connectivity index is 1.96. The number of carbonyl (C=O) groups is 1. The Morgan fingerprint density at radius 1 is 1.41 bits per heavy atom. The number of rotatable bonds is 3. The van der Waals surface area contributed by atoms with Gasteiger partial charge in [-0.15, -0.1) is 0 Å². The lowest BCUT2D eigenvalue weighted by Gasteiger charge is -2.24. The van der Waals surface area contributed by atoms with E-state index in [2.05, 4.69) is 16.9 Å². The second-order valence-electron chi connectivity index (χ2n) is 4.06. The molecule has 0 saturated carbocycles. The maximum atomic E-state index is 11.4. The van der Waals surface area contributed by atoms with Crippen LogP contribution in [0.3, 0.4) is 0 Å². The smallest absolute Gasteiger partial charge is 0.339 e. The Hall–Kier alpha value is -1.61. The van der Waals surface area contributed by atoms with Crippen LogP contribution in [0.2, 0.25) is 0 Å². The highest BCUT2D eigenvalue weighted by Gasteiger charge is 2.24. The van der Waals surface area contributed by atoms with E-state index >= 15 is 0 Å². The minimum Gasteiger partial charge on any atom is -0.467 e. The zero-order valence-corrected chi connectivity index (χ0v) is 9.84. The van der Waals surface area contributed by atoms with E-state index < -0.39 is 6.10 Å². The molecule has 1 heterocycles. The van der Waals surface area contributed by atoms with Crippen molar-refractivity contribution in [2.75, 3.05) is 7.11 Å². The average molecular weight is 232 g/mol. The molecule has 0 saturated heterocycles. The molecule has 0 aliphatic carbocycles. The molecule has 1 aromatic carbocycles. The lowest BCUT2D eigenvalue weighted by Crippen LogP contribution is -2.32. The molecule has 0 aromatic heterocycles. The summed E-state index contributed by atoms with van der Waals surface area (Å²) < 4.78 is 10.4. The molecule has 3 nitrogen and oxygen atoms in total. The normalized spacial score (nSPS) is 23.4. The standard InChI is InChI=1S/C14H16O3/c1-16-14(15)13-9-5-8-12(17-13)10-11-6-3-2-4-7-11/h2-7,9,12-13H,8,10H2,1H3/t12-,13-/m1/s1. The van der Waals surface area contributed by atoms with Gasteiger partial charge in [0.2, 0.25) is 0 Å². The van der Waals surface area contributed by atoms with Crippen molar-refractivity contribution in [1.29, 1.82) is 0 Å². The Morgan fingerprint density at radius 2 is 2.18 bits per heavy atom. The molecule has 2 atom stereocenters. The predicted octanol–water partition coefficient (Wildman–Crippen LogP) is 2.12. The van der Waals surface area contributed by atoms with Crippen LogP contribution in [-0.2, 0) is 20.7 Å². The van der Waals surface area contributed by atoms with Gasteiger partial charge in [-0.05, 0) is 24.5 Å². The summed E-state index contributed by atoms with van der Waals surface area (Å²) in [6.45, 7) is 0. The molecule has 0 spiro atoms. The Morgan fingerprint density at radius 3 is 2.88 bits per heavy atom. The highest BCUT2D eigenvalue weighted by atomic mass is 16.6. The van der Waals surface area contributed by atoms with Crippen LogP contribution in [-0.4, -0.2) is 25.3 Å². The van der Waals surface area contributed by atoms with Crippen molar-refractivity contribution in [1.82, 2.24) is 0 Å². The summed E-state index contributed by atoms with van der Waals surface area (Å²) in [4.78, 5) is 11.4. The summed E-state index contributed by atoms with van der Waals surface area (Å²) in [6.07, 6.45) is 4.89. The van der Waals surface area contributed by atoms with Gasteiger partial charge in [-0.25, -0.2) is 4.79 Å². The van der Waals surface area contributed by atoms with Gasteiger partial charge in [0.15, 0.2) is 6.10 Å². The summed E-state index contributed by atoms with van der Waals surface area (Å²) in [7, 11) is 1.38. The lowest BCUT2D eigenvalue weighted by molar-refractivity contribution is -0.154. The van der Waals surface area contributed by atoms with E-state index in [1.54, 1.807) is 6.08 Å². The number of methoxy groups -OCH3 is 1. The fourth-order valence-electron chi connectivity index (χ4n) is 1.92. The third-order valence-corrected chi connectivity index (χ3v) is 2.79. The number of esters is 1. The molecular weight excluding hydrogens is 216 g/mol.